The van der Waals surface area contributed by atoms with Gasteiger partial charge in [-0.3, -0.25) is 4.79 Å². The van der Waals surface area contributed by atoms with Crippen molar-refractivity contribution in [3.8, 4) is 28.5 Å². The quantitative estimate of drug-likeness (QED) is 0.346. The van der Waals surface area contributed by atoms with Crippen molar-refractivity contribution in [2.45, 2.75) is 6.54 Å². The molecule has 1 N–H and O–H groups in total. The number of nitrogens with zero attached hydrogens (tertiary/aromatic N) is 2. The lowest BCUT2D eigenvalue weighted by Crippen LogP contribution is -2.16. The molecule has 0 aliphatic carbocycles. The SMILES string of the molecule is N#Cc1c(-c2ccccc2)c(-c2ccccc2)n(Cc2ccco2)c1NC(=O)c1ccco1. The lowest BCUT2D eigenvalue weighted by atomic mass is 9.98. The predicted molar refractivity (Wildman–Crippen MR) is 124 cm³/mol. The number of hydrogen-bond acceptors (Lipinski definition) is 4. The van der Waals surface area contributed by atoms with Gasteiger partial charge in [0.1, 0.15) is 23.2 Å². The van der Waals surface area contributed by atoms with Crippen molar-refractivity contribution in [3.63, 3.8) is 0 Å². The molecule has 2 aromatic carbocycles. The van der Waals surface area contributed by atoms with Crippen molar-refractivity contribution < 1.29 is 13.6 Å². The van der Waals surface area contributed by atoms with Crippen LogP contribution in [-0.2, 0) is 6.54 Å². The molecule has 0 atom stereocenters. The number of nitrogens with one attached hydrogen (secondary N) is 1. The summed E-state index contributed by atoms with van der Waals surface area (Å²) in [5.41, 5.74) is 3.71. The molecule has 0 saturated carbocycles. The summed E-state index contributed by atoms with van der Waals surface area (Å²) in [6, 6.07) is 28.7. The number of carbonyl (C=O) groups is 1. The Morgan fingerprint density at radius 1 is 0.848 bits per heavy atom. The summed E-state index contributed by atoms with van der Waals surface area (Å²) in [5, 5.41) is 13.2. The van der Waals surface area contributed by atoms with Gasteiger partial charge in [0.05, 0.1) is 24.8 Å². The van der Waals surface area contributed by atoms with Gasteiger partial charge in [-0.05, 0) is 35.4 Å². The van der Waals surface area contributed by atoms with E-state index in [1.165, 1.54) is 6.26 Å². The van der Waals surface area contributed by atoms with E-state index in [1.807, 2.05) is 77.4 Å². The Morgan fingerprint density at radius 2 is 1.52 bits per heavy atom. The average Bonchev–Trinajstić information content (AvgIpc) is 3.62. The van der Waals surface area contributed by atoms with E-state index in [1.54, 1.807) is 18.4 Å². The molecule has 0 fully saturated rings. The molecular weight excluding hydrogens is 414 g/mol. The highest BCUT2D eigenvalue weighted by atomic mass is 16.3. The highest BCUT2D eigenvalue weighted by molar-refractivity contribution is 6.04. The van der Waals surface area contributed by atoms with Gasteiger partial charge in [0.2, 0.25) is 0 Å². The molecule has 0 aliphatic heterocycles. The van der Waals surface area contributed by atoms with Crippen molar-refractivity contribution in [1.29, 1.82) is 5.26 Å². The first-order chi connectivity index (χ1) is 16.3. The van der Waals surface area contributed by atoms with Crippen LogP contribution in [0, 0.1) is 11.3 Å². The molecule has 0 aliphatic rings. The second kappa shape index (κ2) is 8.77. The first-order valence-corrected chi connectivity index (χ1v) is 10.4. The van der Waals surface area contributed by atoms with Crippen molar-refractivity contribution in [2.75, 3.05) is 5.32 Å². The van der Waals surface area contributed by atoms with E-state index in [-0.39, 0.29) is 5.76 Å². The molecule has 33 heavy (non-hydrogen) atoms. The summed E-state index contributed by atoms with van der Waals surface area (Å²) < 4.78 is 12.8. The number of carbonyl (C=O) groups excluding carboxylic acids is 1. The van der Waals surface area contributed by atoms with E-state index < -0.39 is 5.91 Å². The van der Waals surface area contributed by atoms with E-state index in [0.29, 0.717) is 23.7 Å². The molecule has 0 radical (unpaired) electrons. The van der Waals surface area contributed by atoms with Gasteiger partial charge in [-0.15, -0.1) is 0 Å². The third kappa shape index (κ3) is 3.84. The molecule has 6 heteroatoms. The molecule has 160 valence electrons. The minimum absolute atomic E-state index is 0.159. The molecule has 3 aromatic heterocycles. The van der Waals surface area contributed by atoms with Gasteiger partial charge in [-0.1, -0.05) is 60.7 Å². The van der Waals surface area contributed by atoms with E-state index >= 15 is 0 Å². The number of hydrogen-bond donors (Lipinski definition) is 1. The zero-order valence-electron chi connectivity index (χ0n) is 17.6. The van der Waals surface area contributed by atoms with Crippen LogP contribution < -0.4 is 5.32 Å². The summed E-state index contributed by atoms with van der Waals surface area (Å²) in [4.78, 5) is 12.9. The van der Waals surface area contributed by atoms with Crippen molar-refractivity contribution >= 4 is 11.7 Å². The molecule has 0 spiro atoms. The maximum atomic E-state index is 12.9. The van der Waals surface area contributed by atoms with E-state index in [9.17, 15) is 10.1 Å². The van der Waals surface area contributed by atoms with E-state index in [4.69, 9.17) is 8.83 Å². The minimum Gasteiger partial charge on any atom is -0.467 e. The van der Waals surface area contributed by atoms with Crippen molar-refractivity contribution in [2.24, 2.45) is 0 Å². The number of benzene rings is 2. The van der Waals surface area contributed by atoms with Crippen LogP contribution in [0.3, 0.4) is 0 Å². The molecular formula is C27H19N3O3. The van der Waals surface area contributed by atoms with Gasteiger partial charge in [0, 0.05) is 5.56 Å². The van der Waals surface area contributed by atoms with Gasteiger partial charge in [-0.25, -0.2) is 0 Å². The fourth-order valence-electron chi connectivity index (χ4n) is 3.93. The molecule has 6 nitrogen and oxygen atoms in total. The molecule has 0 unspecified atom stereocenters. The number of furan rings is 2. The van der Waals surface area contributed by atoms with Crippen LogP contribution in [0.2, 0.25) is 0 Å². The van der Waals surface area contributed by atoms with Gasteiger partial charge >= 0.3 is 0 Å². The van der Waals surface area contributed by atoms with Crippen LogP contribution in [0.1, 0.15) is 21.9 Å². The first kappa shape index (κ1) is 20.2. The zero-order chi connectivity index (χ0) is 22.6. The Morgan fingerprint density at radius 3 is 2.12 bits per heavy atom. The maximum Gasteiger partial charge on any atom is 0.292 e. The fourth-order valence-corrected chi connectivity index (χ4v) is 3.93. The Bertz CT molecular complexity index is 1410. The van der Waals surface area contributed by atoms with Crippen LogP contribution >= 0.6 is 0 Å². The fraction of sp³-hybridized carbons (Fsp3) is 0.0370. The number of nitriles is 1. The minimum atomic E-state index is -0.436. The predicted octanol–water partition coefficient (Wildman–Crippen LogP) is 6.18. The maximum absolute atomic E-state index is 12.9. The lowest BCUT2D eigenvalue weighted by Gasteiger charge is -2.14. The molecule has 0 bridgehead atoms. The normalized spacial score (nSPS) is 10.6. The topological polar surface area (TPSA) is 84.1 Å². The summed E-state index contributed by atoms with van der Waals surface area (Å²) in [7, 11) is 0. The van der Waals surface area contributed by atoms with Gasteiger partial charge in [0.15, 0.2) is 5.76 Å². The van der Waals surface area contributed by atoms with Crippen LogP contribution in [-0.4, -0.2) is 10.5 Å². The van der Waals surface area contributed by atoms with Gasteiger partial charge < -0.3 is 18.7 Å². The van der Waals surface area contributed by atoms with Crippen LogP contribution in [0.15, 0.2) is 106 Å². The Kier molecular flexibility index (Phi) is 5.36. The van der Waals surface area contributed by atoms with Crippen molar-refractivity contribution in [3.05, 3.63) is 115 Å². The standard InChI is InChI=1S/C27H19N3O3/c28-17-22-24(19-9-3-1-4-10-19)25(20-11-5-2-6-12-20)30(18-21-13-7-15-32-21)26(22)29-27(31)23-14-8-16-33-23/h1-16H,18H2,(H,29,31). The summed E-state index contributed by atoms with van der Waals surface area (Å²) in [5.74, 6) is 0.800. The third-order valence-corrected chi connectivity index (χ3v) is 5.36. The highest BCUT2D eigenvalue weighted by Crippen LogP contribution is 2.42. The van der Waals surface area contributed by atoms with E-state index in [2.05, 4.69) is 11.4 Å². The Balaban J connectivity index is 1.79. The number of aromatic nitrogens is 1. The van der Waals surface area contributed by atoms with Gasteiger partial charge in [-0.2, -0.15) is 5.26 Å². The number of rotatable bonds is 6. The van der Waals surface area contributed by atoms with Crippen molar-refractivity contribution in [1.82, 2.24) is 4.57 Å². The second-order valence-electron chi connectivity index (χ2n) is 7.39. The highest BCUT2D eigenvalue weighted by Gasteiger charge is 2.27. The summed E-state index contributed by atoms with van der Waals surface area (Å²) in [6.07, 6.45) is 3.04. The molecule has 5 aromatic rings. The lowest BCUT2D eigenvalue weighted by molar-refractivity contribution is 0.0995. The smallest absolute Gasteiger partial charge is 0.292 e. The van der Waals surface area contributed by atoms with Crippen LogP contribution in [0.4, 0.5) is 5.82 Å². The zero-order valence-corrected chi connectivity index (χ0v) is 17.6. The largest absolute Gasteiger partial charge is 0.467 e. The molecule has 1 amide bonds. The molecule has 3 heterocycles. The van der Waals surface area contributed by atoms with Crippen LogP contribution in [0.25, 0.3) is 22.4 Å². The third-order valence-electron chi connectivity index (χ3n) is 5.36. The summed E-state index contributed by atoms with van der Waals surface area (Å²) in [6.45, 7) is 0.326. The Labute approximate surface area is 190 Å². The monoisotopic (exact) mass is 433 g/mol. The summed E-state index contributed by atoms with van der Waals surface area (Å²) >= 11 is 0. The second-order valence-corrected chi connectivity index (χ2v) is 7.39. The van der Waals surface area contributed by atoms with Gasteiger partial charge in [0.25, 0.3) is 5.91 Å². The first-order valence-electron chi connectivity index (χ1n) is 10.4. The van der Waals surface area contributed by atoms with Crippen LogP contribution in [0.5, 0.6) is 0 Å². The molecule has 0 saturated heterocycles. The number of anilines is 1. The number of amides is 1. The van der Waals surface area contributed by atoms with E-state index in [0.717, 1.165) is 22.4 Å². The molecule has 5 rings (SSSR count). The average molecular weight is 433 g/mol. The Hall–Kier alpha value is -4.76.